The van der Waals surface area contributed by atoms with E-state index in [0.717, 1.165) is 0 Å². The first-order valence-corrected chi connectivity index (χ1v) is 9.25. The van der Waals surface area contributed by atoms with Crippen LogP contribution >= 0.6 is 0 Å². The monoisotopic (exact) mass is 411 g/mol. The van der Waals surface area contributed by atoms with E-state index in [2.05, 4.69) is 0 Å². The average Bonchev–Trinajstić information content (AvgIpc) is 3.29. The standard InChI is InChI=1S/C16H29NO11/c17-2-1-3-25-14-10(21)8-13(24)16(8,7(5-19)27-14)28-15-12(23)11(22)9(20)6(4-18)26-15/h6-15,18-24H,1-5,17H2/t6?,7?,8?,9?,10?,11?,12?,13?,14-,15+,16?/m1/s1. The maximum atomic E-state index is 10.5. The van der Waals surface area contributed by atoms with E-state index in [1.807, 2.05) is 0 Å². The number of nitrogens with two attached hydrogens (primary N) is 1. The summed E-state index contributed by atoms with van der Waals surface area (Å²) in [5.74, 6) is -0.909. The van der Waals surface area contributed by atoms with Crippen molar-refractivity contribution in [2.24, 2.45) is 11.7 Å². The second-order valence-electron chi connectivity index (χ2n) is 7.32. The molecule has 0 aromatic carbocycles. The molecule has 28 heavy (non-hydrogen) atoms. The molecule has 0 aromatic heterocycles. The summed E-state index contributed by atoms with van der Waals surface area (Å²) in [6, 6.07) is 0. The quantitative estimate of drug-likeness (QED) is 0.177. The van der Waals surface area contributed by atoms with Gasteiger partial charge in [-0.05, 0) is 13.0 Å². The molecule has 12 heteroatoms. The van der Waals surface area contributed by atoms with E-state index in [4.69, 9.17) is 24.7 Å². The molecule has 9 unspecified atom stereocenters. The van der Waals surface area contributed by atoms with Crippen LogP contribution in [0.2, 0.25) is 0 Å². The molecule has 0 bridgehead atoms. The molecule has 1 aliphatic carbocycles. The maximum absolute atomic E-state index is 10.5. The number of ether oxygens (including phenoxy) is 4. The van der Waals surface area contributed by atoms with Gasteiger partial charge in [-0.25, -0.2) is 0 Å². The highest BCUT2D eigenvalue weighted by Gasteiger charge is 2.78. The number of hydrogen-bond donors (Lipinski definition) is 8. The molecule has 3 aliphatic rings. The first kappa shape index (κ1) is 22.2. The van der Waals surface area contributed by atoms with Gasteiger partial charge in [-0.3, -0.25) is 0 Å². The first-order valence-electron chi connectivity index (χ1n) is 9.25. The summed E-state index contributed by atoms with van der Waals surface area (Å²) in [5, 5.41) is 69.9. The Labute approximate surface area is 161 Å². The van der Waals surface area contributed by atoms with Crippen molar-refractivity contribution >= 4 is 0 Å². The zero-order valence-corrected chi connectivity index (χ0v) is 15.1. The second-order valence-corrected chi connectivity index (χ2v) is 7.32. The maximum Gasteiger partial charge on any atom is 0.187 e. The smallest absolute Gasteiger partial charge is 0.187 e. The molecule has 0 spiro atoms. The number of hydrogen-bond acceptors (Lipinski definition) is 12. The van der Waals surface area contributed by atoms with Crippen molar-refractivity contribution in [3.63, 3.8) is 0 Å². The molecule has 2 heterocycles. The zero-order valence-electron chi connectivity index (χ0n) is 15.1. The number of aliphatic hydroxyl groups is 7. The van der Waals surface area contributed by atoms with E-state index in [1.54, 1.807) is 0 Å². The molecule has 3 rings (SSSR count). The minimum atomic E-state index is -1.70. The summed E-state index contributed by atoms with van der Waals surface area (Å²) >= 11 is 0. The lowest BCUT2D eigenvalue weighted by Crippen LogP contribution is -2.62. The lowest BCUT2D eigenvalue weighted by molar-refractivity contribution is -0.349. The van der Waals surface area contributed by atoms with Crippen LogP contribution in [0.25, 0.3) is 0 Å². The Balaban J connectivity index is 1.74. The Morgan fingerprint density at radius 1 is 0.857 bits per heavy atom. The van der Waals surface area contributed by atoms with E-state index in [9.17, 15) is 35.7 Å². The topological polar surface area (TPSA) is 205 Å². The summed E-state index contributed by atoms with van der Waals surface area (Å²) < 4.78 is 22.0. The van der Waals surface area contributed by atoms with Gasteiger partial charge in [0, 0.05) is 0 Å². The van der Waals surface area contributed by atoms with E-state index in [-0.39, 0.29) is 6.61 Å². The Bertz CT molecular complexity index is 521. The van der Waals surface area contributed by atoms with Crippen molar-refractivity contribution in [3.05, 3.63) is 0 Å². The van der Waals surface area contributed by atoms with Crippen LogP contribution in [-0.2, 0) is 18.9 Å². The Hall–Kier alpha value is -0.480. The second kappa shape index (κ2) is 8.71. The van der Waals surface area contributed by atoms with Gasteiger partial charge in [-0.15, -0.1) is 0 Å². The minimum Gasteiger partial charge on any atom is -0.394 e. The lowest BCUT2D eigenvalue weighted by atomic mass is 9.98. The lowest BCUT2D eigenvalue weighted by Gasteiger charge is -2.44. The van der Waals surface area contributed by atoms with E-state index < -0.39 is 80.0 Å². The van der Waals surface area contributed by atoms with Crippen molar-refractivity contribution in [1.29, 1.82) is 0 Å². The summed E-state index contributed by atoms with van der Waals surface area (Å²) in [5.41, 5.74) is 3.78. The van der Waals surface area contributed by atoms with Gasteiger partial charge in [0.05, 0.1) is 31.8 Å². The third kappa shape index (κ3) is 3.57. The average molecular weight is 411 g/mol. The van der Waals surface area contributed by atoms with Gasteiger partial charge in [0.25, 0.3) is 0 Å². The van der Waals surface area contributed by atoms with Crippen LogP contribution < -0.4 is 5.73 Å². The normalized spacial score (nSPS) is 51.0. The first-order chi connectivity index (χ1) is 13.3. The summed E-state index contributed by atoms with van der Waals surface area (Å²) in [7, 11) is 0. The predicted octanol–water partition coefficient (Wildman–Crippen LogP) is -5.02. The van der Waals surface area contributed by atoms with Crippen molar-refractivity contribution < 1.29 is 54.7 Å². The van der Waals surface area contributed by atoms with Crippen molar-refractivity contribution in [2.45, 2.75) is 67.3 Å². The van der Waals surface area contributed by atoms with Gasteiger partial charge < -0.3 is 60.4 Å². The van der Waals surface area contributed by atoms with Crippen molar-refractivity contribution in [3.8, 4) is 0 Å². The number of aliphatic hydroxyl groups excluding tert-OH is 7. The molecule has 0 aromatic rings. The number of rotatable bonds is 8. The molecule has 9 N–H and O–H groups in total. The molecular weight excluding hydrogens is 382 g/mol. The summed E-state index contributed by atoms with van der Waals surface area (Å²) in [4.78, 5) is 0. The fourth-order valence-electron chi connectivity index (χ4n) is 3.97. The molecule has 11 atom stereocenters. The number of fused-ring (bicyclic) bond motifs is 1. The third-order valence-corrected chi connectivity index (χ3v) is 5.63. The van der Waals surface area contributed by atoms with Crippen LogP contribution in [0.15, 0.2) is 0 Å². The van der Waals surface area contributed by atoms with E-state index in [0.29, 0.717) is 13.0 Å². The van der Waals surface area contributed by atoms with Gasteiger partial charge in [0.1, 0.15) is 42.2 Å². The summed E-state index contributed by atoms with van der Waals surface area (Å²) in [6.45, 7) is -0.653. The highest BCUT2D eigenvalue weighted by atomic mass is 16.7. The fraction of sp³-hybridized carbons (Fsp3) is 1.00. The van der Waals surface area contributed by atoms with Crippen molar-refractivity contribution in [1.82, 2.24) is 0 Å². The van der Waals surface area contributed by atoms with E-state index in [1.165, 1.54) is 0 Å². The van der Waals surface area contributed by atoms with Crippen LogP contribution in [0.3, 0.4) is 0 Å². The Morgan fingerprint density at radius 3 is 2.18 bits per heavy atom. The van der Waals surface area contributed by atoms with Gasteiger partial charge >= 0.3 is 0 Å². The zero-order chi connectivity index (χ0) is 20.6. The van der Waals surface area contributed by atoms with Crippen LogP contribution in [0.4, 0.5) is 0 Å². The van der Waals surface area contributed by atoms with Crippen LogP contribution in [0.5, 0.6) is 0 Å². The minimum absolute atomic E-state index is 0.208. The molecule has 0 amide bonds. The fourth-order valence-corrected chi connectivity index (χ4v) is 3.97. The largest absolute Gasteiger partial charge is 0.394 e. The van der Waals surface area contributed by atoms with Gasteiger partial charge in [-0.1, -0.05) is 0 Å². The molecule has 2 saturated heterocycles. The van der Waals surface area contributed by atoms with Gasteiger partial charge in [-0.2, -0.15) is 0 Å². The van der Waals surface area contributed by atoms with Crippen LogP contribution in [0, 0.1) is 5.92 Å². The molecule has 3 fully saturated rings. The molecular formula is C16H29NO11. The molecule has 2 aliphatic heterocycles. The summed E-state index contributed by atoms with van der Waals surface area (Å²) in [6.07, 6.45) is -12.0. The molecule has 1 saturated carbocycles. The highest BCUT2D eigenvalue weighted by molar-refractivity contribution is 5.24. The van der Waals surface area contributed by atoms with Crippen LogP contribution in [-0.4, -0.2) is 123 Å². The van der Waals surface area contributed by atoms with Crippen LogP contribution in [0.1, 0.15) is 6.42 Å². The van der Waals surface area contributed by atoms with Gasteiger partial charge in [0.2, 0.25) is 0 Å². The Kier molecular flexibility index (Phi) is 6.91. The predicted molar refractivity (Wildman–Crippen MR) is 88.5 cm³/mol. The SMILES string of the molecule is NCCCO[C@@H]1OC(CO)C2(O[C@@H]3OC(CO)C(O)C(O)C3O)C(O)C2C1O. The Morgan fingerprint density at radius 2 is 1.57 bits per heavy atom. The van der Waals surface area contributed by atoms with Gasteiger partial charge in [0.15, 0.2) is 12.6 Å². The van der Waals surface area contributed by atoms with Crippen molar-refractivity contribution in [2.75, 3.05) is 26.4 Å². The third-order valence-electron chi connectivity index (χ3n) is 5.63. The molecule has 12 nitrogen and oxygen atoms in total. The molecule has 0 radical (unpaired) electrons. The highest BCUT2D eigenvalue weighted by Crippen LogP contribution is 2.57. The van der Waals surface area contributed by atoms with E-state index >= 15 is 0 Å². The molecule has 164 valence electrons.